The van der Waals surface area contributed by atoms with Crippen LogP contribution in [0.4, 0.5) is 0 Å². The third-order valence-electron chi connectivity index (χ3n) is 5.36. The molecule has 0 aliphatic carbocycles. The third-order valence-corrected chi connectivity index (χ3v) is 5.36. The van der Waals surface area contributed by atoms with E-state index in [2.05, 4.69) is 10.3 Å². The van der Waals surface area contributed by atoms with Crippen LogP contribution in [0.25, 0.3) is 22.0 Å². The third kappa shape index (κ3) is 4.35. The molecule has 4 rings (SSSR count). The van der Waals surface area contributed by atoms with E-state index < -0.39 is 5.91 Å². The number of hydrogen-bond donors (Lipinski definition) is 4. The molecule has 0 unspecified atom stereocenters. The molecule has 0 fully saturated rings. The van der Waals surface area contributed by atoms with Gasteiger partial charge in [-0.2, -0.15) is 0 Å². The summed E-state index contributed by atoms with van der Waals surface area (Å²) < 4.78 is 6.78. The zero-order chi connectivity index (χ0) is 23.5. The lowest BCUT2D eigenvalue weighted by Gasteiger charge is -2.08. The van der Waals surface area contributed by atoms with Gasteiger partial charge in [0.05, 0.1) is 7.11 Å². The molecule has 2 aromatic heterocycles. The number of rotatable bonds is 6. The van der Waals surface area contributed by atoms with E-state index in [4.69, 9.17) is 9.94 Å². The lowest BCUT2D eigenvalue weighted by atomic mass is 10.0. The quantitative estimate of drug-likeness (QED) is 0.268. The highest BCUT2D eigenvalue weighted by Gasteiger charge is 2.16. The molecule has 0 aliphatic rings. The Morgan fingerprint density at radius 2 is 1.85 bits per heavy atom. The first-order chi connectivity index (χ1) is 15.9. The molecule has 0 bridgehead atoms. The maximum atomic E-state index is 12.8. The van der Waals surface area contributed by atoms with Crippen LogP contribution < -0.4 is 21.1 Å². The smallest absolute Gasteiger partial charge is 0.274 e. The Balaban J connectivity index is 1.62. The van der Waals surface area contributed by atoms with E-state index in [1.165, 1.54) is 4.57 Å². The van der Waals surface area contributed by atoms with Crippen molar-refractivity contribution in [2.24, 2.45) is 7.05 Å². The number of fused-ring (bicyclic) bond motifs is 1. The molecular weight excluding hydrogens is 424 g/mol. The van der Waals surface area contributed by atoms with E-state index >= 15 is 0 Å². The van der Waals surface area contributed by atoms with Crippen molar-refractivity contribution in [2.45, 2.75) is 6.54 Å². The van der Waals surface area contributed by atoms with Gasteiger partial charge in [0.15, 0.2) is 0 Å². The van der Waals surface area contributed by atoms with Crippen LogP contribution in [0.3, 0.4) is 0 Å². The van der Waals surface area contributed by atoms with Crippen LogP contribution in [0.1, 0.15) is 26.4 Å². The first-order valence-electron chi connectivity index (χ1n) is 10.1. The summed E-state index contributed by atoms with van der Waals surface area (Å²) in [5.74, 6) is -0.301. The molecule has 9 heteroatoms. The number of aryl methyl sites for hydroxylation is 1. The van der Waals surface area contributed by atoms with Crippen molar-refractivity contribution in [3.63, 3.8) is 0 Å². The van der Waals surface area contributed by atoms with Gasteiger partial charge in [0.25, 0.3) is 17.4 Å². The molecule has 2 heterocycles. The number of aromatic amines is 1. The largest absolute Gasteiger partial charge is 0.497 e. The second kappa shape index (κ2) is 9.01. The van der Waals surface area contributed by atoms with Gasteiger partial charge in [0, 0.05) is 36.3 Å². The molecule has 0 radical (unpaired) electrons. The van der Waals surface area contributed by atoms with Gasteiger partial charge in [-0.1, -0.05) is 24.3 Å². The molecule has 0 atom stereocenters. The number of benzene rings is 2. The highest BCUT2D eigenvalue weighted by molar-refractivity contribution is 6.02. The first kappa shape index (κ1) is 21.8. The maximum Gasteiger partial charge on any atom is 0.274 e. The second-order valence-corrected chi connectivity index (χ2v) is 7.48. The number of hydroxylamine groups is 1. The normalized spacial score (nSPS) is 10.8. The molecule has 9 nitrogen and oxygen atoms in total. The van der Waals surface area contributed by atoms with E-state index in [0.717, 1.165) is 16.7 Å². The molecule has 4 aromatic rings. The summed E-state index contributed by atoms with van der Waals surface area (Å²) in [6.45, 7) is 0.218. The van der Waals surface area contributed by atoms with Gasteiger partial charge < -0.3 is 19.6 Å². The van der Waals surface area contributed by atoms with Crippen LogP contribution in [0, 0.1) is 0 Å². The van der Waals surface area contributed by atoms with Crippen molar-refractivity contribution in [1.29, 1.82) is 0 Å². The van der Waals surface area contributed by atoms with Gasteiger partial charge >= 0.3 is 0 Å². The Bertz CT molecular complexity index is 1400. The summed E-state index contributed by atoms with van der Waals surface area (Å²) in [5, 5.41) is 12.1. The van der Waals surface area contributed by atoms with Crippen molar-refractivity contribution < 1.29 is 19.5 Å². The van der Waals surface area contributed by atoms with Gasteiger partial charge in [0.2, 0.25) is 0 Å². The van der Waals surface area contributed by atoms with Gasteiger partial charge in [-0.25, -0.2) is 5.48 Å². The molecule has 2 amide bonds. The average Bonchev–Trinajstić information content (AvgIpc) is 3.30. The molecule has 168 valence electrons. The van der Waals surface area contributed by atoms with Crippen LogP contribution in [-0.2, 0) is 13.6 Å². The number of amides is 2. The van der Waals surface area contributed by atoms with Crippen LogP contribution in [0.15, 0.2) is 65.6 Å². The van der Waals surface area contributed by atoms with Crippen molar-refractivity contribution in [3.05, 3.63) is 88.0 Å². The van der Waals surface area contributed by atoms with Crippen molar-refractivity contribution in [2.75, 3.05) is 7.11 Å². The van der Waals surface area contributed by atoms with E-state index in [-0.39, 0.29) is 23.7 Å². The Kier molecular flexibility index (Phi) is 5.97. The second-order valence-electron chi connectivity index (χ2n) is 7.48. The zero-order valence-corrected chi connectivity index (χ0v) is 18.0. The predicted molar refractivity (Wildman–Crippen MR) is 122 cm³/mol. The number of methoxy groups -OCH3 is 1. The Labute approximate surface area is 188 Å². The standard InChI is InChI=1S/C24H22N4O5/c1-28-13-19(16-4-3-5-17(10-16)33-2)18-11-20(26-21(18)24(28)31)23(30)25-12-14-6-8-15(9-7-14)22(29)27-32/h3-11,13,26,32H,12H2,1-2H3,(H,25,30)(H,27,29). The lowest BCUT2D eigenvalue weighted by molar-refractivity contribution is 0.0706. The molecule has 33 heavy (non-hydrogen) atoms. The molecular formula is C24H22N4O5. The molecule has 0 saturated heterocycles. The van der Waals surface area contributed by atoms with Gasteiger partial charge in [0.1, 0.15) is 17.0 Å². The molecule has 4 N–H and O–H groups in total. The summed E-state index contributed by atoms with van der Waals surface area (Å²) in [4.78, 5) is 39.8. The van der Waals surface area contributed by atoms with Gasteiger partial charge in [-0.05, 0) is 41.5 Å². The number of hydrogen-bond acceptors (Lipinski definition) is 5. The lowest BCUT2D eigenvalue weighted by Crippen LogP contribution is -2.23. The average molecular weight is 446 g/mol. The van der Waals surface area contributed by atoms with E-state index in [0.29, 0.717) is 22.2 Å². The summed E-state index contributed by atoms with van der Waals surface area (Å²) in [7, 11) is 3.25. The topological polar surface area (TPSA) is 125 Å². The van der Waals surface area contributed by atoms with E-state index in [9.17, 15) is 14.4 Å². The van der Waals surface area contributed by atoms with Crippen LogP contribution in [-0.4, -0.2) is 33.7 Å². The highest BCUT2D eigenvalue weighted by atomic mass is 16.5. The predicted octanol–water partition coefficient (Wildman–Crippen LogP) is 2.59. The van der Waals surface area contributed by atoms with E-state index in [1.807, 2.05) is 24.3 Å². The Hall–Kier alpha value is -4.37. The summed E-state index contributed by atoms with van der Waals surface area (Å²) in [6.07, 6.45) is 1.74. The summed E-state index contributed by atoms with van der Waals surface area (Å²) in [5.41, 5.74) is 4.63. The van der Waals surface area contributed by atoms with Crippen molar-refractivity contribution in [1.82, 2.24) is 20.3 Å². The molecule has 2 aromatic carbocycles. The number of ether oxygens (including phenoxy) is 1. The van der Waals surface area contributed by atoms with Crippen LogP contribution >= 0.6 is 0 Å². The number of aromatic nitrogens is 2. The minimum Gasteiger partial charge on any atom is -0.497 e. The van der Waals surface area contributed by atoms with Crippen molar-refractivity contribution in [3.8, 4) is 16.9 Å². The number of H-pyrrole nitrogens is 1. The van der Waals surface area contributed by atoms with Crippen LogP contribution in [0.5, 0.6) is 5.75 Å². The SMILES string of the molecule is COc1cccc(-c2cn(C)c(=O)c3[nH]c(C(=O)NCc4ccc(C(=O)NO)cc4)cc23)c1. The first-order valence-corrected chi connectivity index (χ1v) is 10.1. The van der Waals surface area contributed by atoms with E-state index in [1.54, 1.807) is 56.2 Å². The number of pyridine rings is 1. The van der Waals surface area contributed by atoms with Gasteiger partial charge in [-0.15, -0.1) is 0 Å². The number of carbonyl (C=O) groups is 2. The molecule has 0 saturated carbocycles. The maximum absolute atomic E-state index is 12.8. The fraction of sp³-hybridized carbons (Fsp3) is 0.125. The molecule has 0 aliphatic heterocycles. The minimum atomic E-state index is -0.614. The van der Waals surface area contributed by atoms with Gasteiger partial charge in [-0.3, -0.25) is 19.6 Å². The monoisotopic (exact) mass is 446 g/mol. The number of nitrogens with one attached hydrogen (secondary N) is 3. The minimum absolute atomic E-state index is 0.218. The molecule has 0 spiro atoms. The van der Waals surface area contributed by atoms with Crippen molar-refractivity contribution >= 4 is 22.7 Å². The highest BCUT2D eigenvalue weighted by Crippen LogP contribution is 2.29. The summed E-state index contributed by atoms with van der Waals surface area (Å²) >= 11 is 0. The zero-order valence-electron chi connectivity index (χ0n) is 18.0. The number of carbonyl (C=O) groups excluding carboxylic acids is 2. The fourth-order valence-electron chi connectivity index (χ4n) is 3.59. The Morgan fingerprint density at radius 1 is 1.09 bits per heavy atom. The number of nitrogens with zero attached hydrogens (tertiary/aromatic N) is 1. The Morgan fingerprint density at radius 3 is 2.55 bits per heavy atom. The fourth-order valence-corrected chi connectivity index (χ4v) is 3.59. The van der Waals surface area contributed by atoms with Crippen LogP contribution in [0.2, 0.25) is 0 Å². The summed E-state index contributed by atoms with van der Waals surface area (Å²) in [6, 6.07) is 15.6.